The van der Waals surface area contributed by atoms with E-state index in [1.54, 1.807) is 0 Å². The van der Waals surface area contributed by atoms with Crippen LogP contribution >= 0.6 is 12.6 Å². The fourth-order valence-corrected chi connectivity index (χ4v) is 2.22. The molecule has 0 saturated heterocycles. The normalized spacial score (nSPS) is 11.1. The molecule has 2 heteroatoms. The lowest BCUT2D eigenvalue weighted by Crippen LogP contribution is -1.89. The Hall–Kier alpha value is -1.67. The summed E-state index contributed by atoms with van der Waals surface area (Å²) in [5.41, 5.74) is 6.79. The predicted molar refractivity (Wildman–Crippen MR) is 73.1 cm³/mol. The number of thiol groups is 1. The molecule has 0 heterocycles. The van der Waals surface area contributed by atoms with Crippen molar-refractivity contribution in [1.82, 2.24) is 0 Å². The topological polar surface area (TPSA) is 26.0 Å². The van der Waals surface area contributed by atoms with E-state index in [0.29, 0.717) is 0 Å². The van der Waals surface area contributed by atoms with Gasteiger partial charge in [0.25, 0.3) is 0 Å². The molecule has 0 spiro atoms. The van der Waals surface area contributed by atoms with Gasteiger partial charge in [0, 0.05) is 10.3 Å². The largest absolute Gasteiger partial charge is 0.397 e. The smallest absolute Gasteiger partial charge is 0.0529 e. The highest BCUT2D eigenvalue weighted by atomic mass is 32.1. The molecule has 0 radical (unpaired) electrons. The molecule has 16 heavy (non-hydrogen) atoms. The zero-order valence-corrected chi connectivity index (χ0v) is 9.54. The Labute approximate surface area is 99.3 Å². The summed E-state index contributed by atoms with van der Waals surface area (Å²) in [7, 11) is 0. The van der Waals surface area contributed by atoms with Crippen LogP contribution in [0.4, 0.5) is 5.69 Å². The molecule has 3 rings (SSSR count). The number of hydrogen-bond donors (Lipinski definition) is 2. The molecule has 0 atom stereocenters. The lowest BCUT2D eigenvalue weighted by Gasteiger charge is -2.06. The van der Waals surface area contributed by atoms with Crippen molar-refractivity contribution in [2.24, 2.45) is 0 Å². The van der Waals surface area contributed by atoms with Gasteiger partial charge in [0.15, 0.2) is 0 Å². The number of nitrogens with two attached hydrogens (primary N) is 1. The van der Waals surface area contributed by atoms with E-state index in [-0.39, 0.29) is 0 Å². The Balaban J connectivity index is 2.51. The van der Waals surface area contributed by atoms with E-state index in [9.17, 15) is 0 Å². The molecular weight excluding hydrogens is 214 g/mol. The molecule has 0 bridgehead atoms. The van der Waals surface area contributed by atoms with Crippen LogP contribution in [0.1, 0.15) is 0 Å². The SMILES string of the molecule is Nc1c(S)ccc2cc3ccccc3cc12. The summed E-state index contributed by atoms with van der Waals surface area (Å²) in [4.78, 5) is 0.836. The number of anilines is 1. The van der Waals surface area contributed by atoms with Gasteiger partial charge in [-0.1, -0.05) is 30.3 Å². The van der Waals surface area contributed by atoms with Crippen LogP contribution in [0.25, 0.3) is 21.5 Å². The van der Waals surface area contributed by atoms with Crippen molar-refractivity contribution < 1.29 is 0 Å². The summed E-state index contributed by atoms with van der Waals surface area (Å²) >= 11 is 4.34. The summed E-state index contributed by atoms with van der Waals surface area (Å²) in [6.45, 7) is 0. The Bertz CT molecular complexity index is 689. The lowest BCUT2D eigenvalue weighted by molar-refractivity contribution is 1.52. The fraction of sp³-hybridized carbons (Fsp3) is 0. The standard InChI is InChI=1S/C14H11NS/c15-14-12-8-10-4-2-1-3-9(10)7-11(12)5-6-13(14)16/h1-8,16H,15H2. The summed E-state index contributed by atoms with van der Waals surface area (Å²) < 4.78 is 0. The van der Waals surface area contributed by atoms with E-state index in [4.69, 9.17) is 5.73 Å². The van der Waals surface area contributed by atoms with Gasteiger partial charge in [0.05, 0.1) is 5.69 Å². The second-order valence-corrected chi connectivity index (χ2v) is 4.40. The van der Waals surface area contributed by atoms with Crippen molar-refractivity contribution in [3.63, 3.8) is 0 Å². The van der Waals surface area contributed by atoms with Gasteiger partial charge in [-0.05, 0) is 34.4 Å². The second kappa shape index (κ2) is 3.42. The highest BCUT2D eigenvalue weighted by Crippen LogP contribution is 2.30. The third kappa shape index (κ3) is 1.34. The van der Waals surface area contributed by atoms with Gasteiger partial charge in [-0.15, -0.1) is 12.6 Å². The van der Waals surface area contributed by atoms with E-state index in [0.717, 1.165) is 21.4 Å². The van der Waals surface area contributed by atoms with Crippen molar-refractivity contribution in [3.05, 3.63) is 48.5 Å². The van der Waals surface area contributed by atoms with E-state index < -0.39 is 0 Å². The third-order valence-corrected chi connectivity index (χ3v) is 3.29. The molecule has 1 nitrogen and oxygen atoms in total. The Morgan fingerprint density at radius 3 is 2.25 bits per heavy atom. The van der Waals surface area contributed by atoms with Gasteiger partial charge >= 0.3 is 0 Å². The summed E-state index contributed by atoms with van der Waals surface area (Å²) in [6, 6.07) is 16.6. The molecule has 0 saturated carbocycles. The summed E-state index contributed by atoms with van der Waals surface area (Å²) in [5, 5.41) is 4.68. The number of nitrogen functional groups attached to an aromatic ring is 1. The average Bonchev–Trinajstić information content (AvgIpc) is 2.32. The van der Waals surface area contributed by atoms with Crippen LogP contribution < -0.4 is 5.73 Å². The number of hydrogen-bond acceptors (Lipinski definition) is 2. The Kier molecular flexibility index (Phi) is 2.04. The molecule has 3 aromatic carbocycles. The van der Waals surface area contributed by atoms with Gasteiger partial charge in [-0.2, -0.15) is 0 Å². The zero-order valence-electron chi connectivity index (χ0n) is 8.64. The van der Waals surface area contributed by atoms with E-state index in [1.807, 2.05) is 18.2 Å². The van der Waals surface area contributed by atoms with Crippen LogP contribution in [0.3, 0.4) is 0 Å². The maximum absolute atomic E-state index is 6.03. The van der Waals surface area contributed by atoms with E-state index in [2.05, 4.69) is 43.0 Å². The molecule has 0 fully saturated rings. The van der Waals surface area contributed by atoms with Crippen LogP contribution in [0, 0.1) is 0 Å². The number of fused-ring (bicyclic) bond motifs is 2. The van der Waals surface area contributed by atoms with Crippen LogP contribution in [0.5, 0.6) is 0 Å². The minimum Gasteiger partial charge on any atom is -0.397 e. The molecular formula is C14H11NS. The summed E-state index contributed by atoms with van der Waals surface area (Å²) in [6.07, 6.45) is 0. The van der Waals surface area contributed by atoms with Crippen LogP contribution in [-0.2, 0) is 0 Å². The van der Waals surface area contributed by atoms with Crippen molar-refractivity contribution in [1.29, 1.82) is 0 Å². The highest BCUT2D eigenvalue weighted by Gasteiger charge is 2.03. The first-order valence-electron chi connectivity index (χ1n) is 5.16. The predicted octanol–water partition coefficient (Wildman–Crippen LogP) is 3.86. The molecule has 0 aromatic heterocycles. The quantitative estimate of drug-likeness (QED) is 0.339. The molecule has 0 aliphatic rings. The molecule has 0 unspecified atom stereocenters. The van der Waals surface area contributed by atoms with Gasteiger partial charge in [0.2, 0.25) is 0 Å². The molecule has 3 aromatic rings. The molecule has 0 aliphatic heterocycles. The van der Waals surface area contributed by atoms with Gasteiger partial charge < -0.3 is 5.73 Å². The zero-order chi connectivity index (χ0) is 11.1. The minimum absolute atomic E-state index is 0.756. The summed E-state index contributed by atoms with van der Waals surface area (Å²) in [5.74, 6) is 0. The van der Waals surface area contributed by atoms with Gasteiger partial charge in [0.1, 0.15) is 0 Å². The Morgan fingerprint density at radius 1 is 0.812 bits per heavy atom. The Morgan fingerprint density at radius 2 is 1.50 bits per heavy atom. The van der Waals surface area contributed by atoms with Crippen LogP contribution in [0.15, 0.2) is 53.4 Å². The third-order valence-electron chi connectivity index (χ3n) is 2.90. The van der Waals surface area contributed by atoms with Crippen LogP contribution in [0.2, 0.25) is 0 Å². The molecule has 2 N–H and O–H groups in total. The highest BCUT2D eigenvalue weighted by molar-refractivity contribution is 7.80. The minimum atomic E-state index is 0.756. The lowest BCUT2D eigenvalue weighted by atomic mass is 10.0. The fourth-order valence-electron chi connectivity index (χ4n) is 2.03. The van der Waals surface area contributed by atoms with E-state index in [1.165, 1.54) is 10.8 Å². The first-order chi connectivity index (χ1) is 7.75. The van der Waals surface area contributed by atoms with Gasteiger partial charge in [-0.3, -0.25) is 0 Å². The molecule has 0 amide bonds. The second-order valence-electron chi connectivity index (χ2n) is 3.92. The van der Waals surface area contributed by atoms with Crippen molar-refractivity contribution in [2.45, 2.75) is 4.90 Å². The average molecular weight is 225 g/mol. The van der Waals surface area contributed by atoms with Gasteiger partial charge in [-0.25, -0.2) is 0 Å². The number of benzene rings is 3. The first kappa shape index (κ1) is 9.55. The monoisotopic (exact) mass is 225 g/mol. The van der Waals surface area contributed by atoms with E-state index >= 15 is 0 Å². The van der Waals surface area contributed by atoms with Crippen molar-refractivity contribution >= 4 is 39.9 Å². The molecule has 0 aliphatic carbocycles. The maximum Gasteiger partial charge on any atom is 0.0529 e. The van der Waals surface area contributed by atoms with Crippen LogP contribution in [-0.4, -0.2) is 0 Å². The number of rotatable bonds is 0. The molecule has 78 valence electrons. The first-order valence-corrected chi connectivity index (χ1v) is 5.60. The maximum atomic E-state index is 6.03. The van der Waals surface area contributed by atoms with Crippen molar-refractivity contribution in [2.75, 3.05) is 5.73 Å². The van der Waals surface area contributed by atoms with Crippen molar-refractivity contribution in [3.8, 4) is 0 Å².